The Labute approximate surface area is 200 Å². The maximum Gasteiger partial charge on any atom is 0.331 e. The largest absolute Gasteiger partial charge is 0.457 e. The van der Waals surface area contributed by atoms with E-state index in [1.807, 2.05) is 60.7 Å². The lowest BCUT2D eigenvalue weighted by atomic mass is 10.1. The first-order chi connectivity index (χ1) is 16.7. The van der Waals surface area contributed by atoms with Crippen LogP contribution in [0.1, 0.15) is 35.4 Å². The summed E-state index contributed by atoms with van der Waals surface area (Å²) in [6, 6.07) is 18.6. The van der Waals surface area contributed by atoms with E-state index in [1.165, 1.54) is 11.3 Å². The van der Waals surface area contributed by atoms with Crippen molar-refractivity contribution < 1.29 is 14.3 Å². The Morgan fingerprint density at radius 3 is 2.53 bits per heavy atom. The van der Waals surface area contributed by atoms with Crippen LogP contribution in [-0.4, -0.2) is 23.0 Å². The van der Waals surface area contributed by atoms with Crippen molar-refractivity contribution in [2.24, 2.45) is 0 Å². The Morgan fingerprint density at radius 2 is 1.76 bits per heavy atom. The molecular weight excluding hydrogens is 448 g/mol. The number of pyridine rings is 1. The lowest BCUT2D eigenvalue weighted by Gasteiger charge is -2.28. The van der Waals surface area contributed by atoms with Crippen molar-refractivity contribution in [3.8, 4) is 11.5 Å². The van der Waals surface area contributed by atoms with Crippen LogP contribution in [0.15, 0.2) is 66.9 Å². The number of nitrogens with zero attached hydrogens (tertiary/aromatic N) is 2. The van der Waals surface area contributed by atoms with Crippen molar-refractivity contribution in [3.05, 3.63) is 71.7 Å². The SMILES string of the molecule is O=C(NC1CCCC1)c1sc2nccc3c2c1NC(=O)N3c1ccc(Oc2ccccc2)cc1. The molecule has 7 nitrogen and oxygen atoms in total. The molecule has 0 atom stereocenters. The molecule has 1 aliphatic carbocycles. The molecule has 0 radical (unpaired) electrons. The number of urea groups is 1. The highest BCUT2D eigenvalue weighted by Crippen LogP contribution is 2.46. The van der Waals surface area contributed by atoms with Gasteiger partial charge in [-0.1, -0.05) is 31.0 Å². The predicted octanol–water partition coefficient (Wildman–Crippen LogP) is 6.44. The van der Waals surface area contributed by atoms with E-state index in [-0.39, 0.29) is 18.0 Å². The molecule has 3 heterocycles. The topological polar surface area (TPSA) is 83.6 Å². The number of benzene rings is 2. The molecule has 8 heteroatoms. The fourth-order valence-electron chi connectivity index (χ4n) is 4.61. The minimum Gasteiger partial charge on any atom is -0.457 e. The zero-order valence-corrected chi connectivity index (χ0v) is 19.1. The monoisotopic (exact) mass is 470 g/mol. The first kappa shape index (κ1) is 20.7. The molecule has 0 bridgehead atoms. The van der Waals surface area contributed by atoms with Gasteiger partial charge in [0, 0.05) is 12.2 Å². The summed E-state index contributed by atoms with van der Waals surface area (Å²) >= 11 is 1.31. The van der Waals surface area contributed by atoms with Crippen LogP contribution in [0.4, 0.5) is 21.9 Å². The Bertz CT molecular complexity index is 1380. The Balaban J connectivity index is 1.33. The normalized spacial score (nSPS) is 15.4. The zero-order chi connectivity index (χ0) is 23.1. The zero-order valence-electron chi connectivity index (χ0n) is 18.3. The van der Waals surface area contributed by atoms with E-state index in [1.54, 1.807) is 11.1 Å². The molecular formula is C26H22N4O3S. The van der Waals surface area contributed by atoms with Crippen molar-refractivity contribution in [2.75, 3.05) is 10.2 Å². The van der Waals surface area contributed by atoms with Gasteiger partial charge in [-0.3, -0.25) is 9.69 Å². The molecule has 3 amide bonds. The lowest BCUT2D eigenvalue weighted by Crippen LogP contribution is -2.36. The van der Waals surface area contributed by atoms with E-state index in [9.17, 15) is 9.59 Å². The van der Waals surface area contributed by atoms with Crippen LogP contribution in [0.3, 0.4) is 0 Å². The van der Waals surface area contributed by atoms with Crippen LogP contribution in [0.25, 0.3) is 10.2 Å². The standard InChI is InChI=1S/C26H22N4O3S/c31-24(28-16-6-4-5-7-16)23-22-21-20(14-15-27-25(21)34-23)30(26(32)29-22)17-10-12-19(13-11-17)33-18-8-2-1-3-9-18/h1-3,8-16H,4-7H2,(H,28,31)(H,29,32). The number of carbonyl (C=O) groups is 2. The van der Waals surface area contributed by atoms with E-state index in [4.69, 9.17) is 4.74 Å². The number of hydrogen-bond acceptors (Lipinski definition) is 5. The lowest BCUT2D eigenvalue weighted by molar-refractivity contribution is 0.0943. The fraction of sp³-hybridized carbons (Fsp3) is 0.192. The summed E-state index contributed by atoms with van der Waals surface area (Å²) in [5.41, 5.74) is 1.94. The molecule has 2 aliphatic rings. The van der Waals surface area contributed by atoms with Gasteiger partial charge in [-0.05, 0) is 55.3 Å². The second-order valence-electron chi connectivity index (χ2n) is 8.45. The van der Waals surface area contributed by atoms with Crippen molar-refractivity contribution in [1.29, 1.82) is 0 Å². The highest BCUT2D eigenvalue weighted by Gasteiger charge is 2.33. The molecule has 1 fully saturated rings. The van der Waals surface area contributed by atoms with Gasteiger partial charge in [-0.2, -0.15) is 0 Å². The Morgan fingerprint density at radius 1 is 1.03 bits per heavy atom. The molecule has 1 aliphatic heterocycles. The third kappa shape index (κ3) is 3.66. The van der Waals surface area contributed by atoms with Gasteiger partial charge in [0.25, 0.3) is 5.91 Å². The summed E-state index contributed by atoms with van der Waals surface area (Å²) in [7, 11) is 0. The first-order valence-corrected chi connectivity index (χ1v) is 12.2. The van der Waals surface area contributed by atoms with Crippen LogP contribution in [0, 0.1) is 0 Å². The number of amides is 3. The third-order valence-corrected chi connectivity index (χ3v) is 7.31. The molecule has 0 saturated heterocycles. The van der Waals surface area contributed by atoms with Crippen LogP contribution < -0.4 is 20.3 Å². The van der Waals surface area contributed by atoms with E-state index in [0.717, 1.165) is 41.6 Å². The van der Waals surface area contributed by atoms with E-state index in [2.05, 4.69) is 15.6 Å². The van der Waals surface area contributed by atoms with E-state index < -0.39 is 0 Å². The average molecular weight is 471 g/mol. The fourth-order valence-corrected chi connectivity index (χ4v) is 5.63. The molecule has 2 aromatic carbocycles. The smallest absolute Gasteiger partial charge is 0.331 e. The van der Waals surface area contributed by atoms with Crippen molar-refractivity contribution in [1.82, 2.24) is 10.3 Å². The Kier molecular flexibility index (Phi) is 5.15. The highest BCUT2D eigenvalue weighted by atomic mass is 32.1. The maximum absolute atomic E-state index is 13.2. The minimum absolute atomic E-state index is 0.146. The summed E-state index contributed by atoms with van der Waals surface area (Å²) in [6.45, 7) is 0. The number of hydrogen-bond donors (Lipinski definition) is 2. The Hall–Kier alpha value is -3.91. The van der Waals surface area contributed by atoms with Gasteiger partial charge in [0.2, 0.25) is 0 Å². The predicted molar refractivity (Wildman–Crippen MR) is 133 cm³/mol. The first-order valence-electron chi connectivity index (χ1n) is 11.3. The molecule has 34 heavy (non-hydrogen) atoms. The molecule has 2 N–H and O–H groups in total. The number of thiophene rings is 1. The van der Waals surface area contributed by atoms with Gasteiger partial charge in [0.05, 0.1) is 22.4 Å². The number of rotatable bonds is 5. The number of nitrogens with one attached hydrogen (secondary N) is 2. The summed E-state index contributed by atoms with van der Waals surface area (Å²) in [5.74, 6) is 1.27. The van der Waals surface area contributed by atoms with Crippen molar-refractivity contribution >= 4 is 50.6 Å². The van der Waals surface area contributed by atoms with Gasteiger partial charge in [0.1, 0.15) is 21.2 Å². The summed E-state index contributed by atoms with van der Waals surface area (Å²) < 4.78 is 5.87. The third-order valence-electron chi connectivity index (χ3n) is 6.22. The van der Waals surface area contributed by atoms with E-state index in [0.29, 0.717) is 27.7 Å². The van der Waals surface area contributed by atoms with Crippen LogP contribution in [0.5, 0.6) is 11.5 Å². The van der Waals surface area contributed by atoms with Crippen molar-refractivity contribution in [2.45, 2.75) is 31.7 Å². The molecule has 170 valence electrons. The molecule has 6 rings (SSSR count). The number of para-hydroxylation sites is 1. The number of carbonyl (C=O) groups excluding carboxylic acids is 2. The maximum atomic E-state index is 13.2. The highest BCUT2D eigenvalue weighted by molar-refractivity contribution is 7.21. The van der Waals surface area contributed by atoms with Crippen LogP contribution >= 0.6 is 11.3 Å². The minimum atomic E-state index is -0.315. The quantitative estimate of drug-likeness (QED) is 0.351. The second-order valence-corrected chi connectivity index (χ2v) is 9.44. The molecule has 1 saturated carbocycles. The molecule has 4 aromatic rings. The van der Waals surface area contributed by atoms with E-state index >= 15 is 0 Å². The second kappa shape index (κ2) is 8.46. The molecule has 0 spiro atoms. The number of ether oxygens (including phenoxy) is 1. The van der Waals surface area contributed by atoms with Crippen LogP contribution in [-0.2, 0) is 0 Å². The molecule has 2 aromatic heterocycles. The summed E-state index contributed by atoms with van der Waals surface area (Å²) in [6.07, 6.45) is 5.95. The van der Waals surface area contributed by atoms with Gasteiger partial charge in [-0.25, -0.2) is 9.78 Å². The van der Waals surface area contributed by atoms with Gasteiger partial charge in [-0.15, -0.1) is 11.3 Å². The summed E-state index contributed by atoms with van der Waals surface area (Å²) in [5, 5.41) is 6.86. The molecule has 0 unspecified atom stereocenters. The van der Waals surface area contributed by atoms with Crippen molar-refractivity contribution in [3.63, 3.8) is 0 Å². The average Bonchev–Trinajstić information content (AvgIpc) is 3.49. The van der Waals surface area contributed by atoms with Gasteiger partial charge < -0.3 is 15.4 Å². The number of anilines is 3. The van der Waals surface area contributed by atoms with Gasteiger partial charge in [0.15, 0.2) is 0 Å². The number of aromatic nitrogens is 1. The van der Waals surface area contributed by atoms with Crippen LogP contribution in [0.2, 0.25) is 0 Å². The van der Waals surface area contributed by atoms with Gasteiger partial charge >= 0.3 is 6.03 Å². The summed E-state index contributed by atoms with van der Waals surface area (Å²) in [4.78, 5) is 33.6.